The summed E-state index contributed by atoms with van der Waals surface area (Å²) in [5, 5.41) is 7.61. The predicted molar refractivity (Wildman–Crippen MR) is 102 cm³/mol. The van der Waals surface area contributed by atoms with Gasteiger partial charge < -0.3 is 15.5 Å². The molecule has 25 heavy (non-hydrogen) atoms. The molecule has 0 aliphatic heterocycles. The number of likely N-dealkylation sites (N-methyl/N-ethyl adjacent to an activating group) is 1. The zero-order valence-corrected chi connectivity index (χ0v) is 15.8. The summed E-state index contributed by atoms with van der Waals surface area (Å²) < 4.78 is 0. The number of carbonyl (C=O) groups is 2. The molecular weight excluding hydrogens is 334 g/mol. The first-order valence-electron chi connectivity index (χ1n) is 8.48. The Bertz CT molecular complexity index is 713. The van der Waals surface area contributed by atoms with Gasteiger partial charge in [-0.05, 0) is 49.4 Å². The van der Waals surface area contributed by atoms with E-state index in [0.717, 1.165) is 29.9 Å². The van der Waals surface area contributed by atoms with Gasteiger partial charge in [0, 0.05) is 5.69 Å². The van der Waals surface area contributed by atoms with Gasteiger partial charge >= 0.3 is 0 Å². The first-order chi connectivity index (χ1) is 12.0. The maximum atomic E-state index is 12.1. The third-order valence-corrected chi connectivity index (χ3v) is 5.12. The van der Waals surface area contributed by atoms with Crippen LogP contribution in [0.2, 0.25) is 0 Å². The van der Waals surface area contributed by atoms with Crippen molar-refractivity contribution in [3.05, 3.63) is 51.7 Å². The van der Waals surface area contributed by atoms with Gasteiger partial charge in [-0.25, -0.2) is 0 Å². The second kappa shape index (κ2) is 9.34. The van der Waals surface area contributed by atoms with Crippen LogP contribution in [0.3, 0.4) is 0 Å². The van der Waals surface area contributed by atoms with Crippen LogP contribution >= 0.6 is 11.3 Å². The van der Waals surface area contributed by atoms with Gasteiger partial charge in [-0.3, -0.25) is 9.59 Å². The van der Waals surface area contributed by atoms with Crippen LogP contribution in [-0.4, -0.2) is 31.4 Å². The third-order valence-electron chi connectivity index (χ3n) is 4.24. The van der Waals surface area contributed by atoms with Crippen molar-refractivity contribution in [2.75, 3.05) is 25.0 Å². The second-order valence-corrected chi connectivity index (χ2v) is 7.14. The molecule has 1 aromatic carbocycles. The summed E-state index contributed by atoms with van der Waals surface area (Å²) >= 11 is 1.70. The van der Waals surface area contributed by atoms with Crippen molar-refractivity contribution in [3.63, 3.8) is 0 Å². The van der Waals surface area contributed by atoms with E-state index < -0.39 is 0 Å². The van der Waals surface area contributed by atoms with E-state index in [9.17, 15) is 9.59 Å². The van der Waals surface area contributed by atoms with Crippen LogP contribution in [-0.2, 0) is 16.1 Å². The molecule has 1 atom stereocenters. The maximum Gasteiger partial charge on any atom is 0.275 e. The van der Waals surface area contributed by atoms with Gasteiger partial charge in [0.2, 0.25) is 5.91 Å². The van der Waals surface area contributed by atoms with Crippen molar-refractivity contribution in [1.82, 2.24) is 5.32 Å². The molecule has 0 bridgehead atoms. The summed E-state index contributed by atoms with van der Waals surface area (Å²) in [6.45, 7) is 8.08. The fraction of sp³-hybridized carbons (Fsp3) is 0.368. The lowest BCUT2D eigenvalue weighted by Gasteiger charge is -2.16. The molecule has 2 aromatic rings. The van der Waals surface area contributed by atoms with E-state index >= 15 is 0 Å². The Morgan fingerprint density at radius 2 is 1.92 bits per heavy atom. The van der Waals surface area contributed by atoms with Crippen LogP contribution in [0.1, 0.15) is 22.9 Å². The molecule has 134 valence electrons. The molecule has 2 rings (SSSR count). The van der Waals surface area contributed by atoms with Crippen LogP contribution < -0.4 is 15.5 Å². The monoisotopic (exact) mass is 360 g/mol. The standard InChI is InChI=1S/C19H25N3O2S/c1-4-22(12-16-8-6-10-25-16)13-19(24)20-11-18(23)21-17-9-5-7-14(2)15(17)3/h5-10H,4,11-13H2,1-3H3,(H,20,24)(H,21,23)/p+1. The highest BCUT2D eigenvalue weighted by atomic mass is 32.1. The van der Waals surface area contributed by atoms with Gasteiger partial charge in [-0.15, -0.1) is 11.3 Å². The summed E-state index contributed by atoms with van der Waals surface area (Å²) in [5.41, 5.74) is 2.95. The van der Waals surface area contributed by atoms with E-state index in [2.05, 4.69) is 23.6 Å². The normalized spacial score (nSPS) is 11.8. The van der Waals surface area contributed by atoms with Gasteiger partial charge in [-0.2, -0.15) is 0 Å². The number of benzene rings is 1. The molecule has 1 unspecified atom stereocenters. The average Bonchev–Trinajstić information content (AvgIpc) is 3.09. The molecule has 0 aliphatic carbocycles. The molecule has 0 fully saturated rings. The molecular formula is C19H26N3O2S+. The highest BCUT2D eigenvalue weighted by Gasteiger charge is 2.15. The summed E-state index contributed by atoms with van der Waals surface area (Å²) in [4.78, 5) is 26.6. The molecule has 0 spiro atoms. The van der Waals surface area contributed by atoms with Crippen LogP contribution in [0.5, 0.6) is 0 Å². The third kappa shape index (κ3) is 5.99. The fourth-order valence-electron chi connectivity index (χ4n) is 2.52. The zero-order valence-electron chi connectivity index (χ0n) is 15.0. The number of amides is 2. The summed E-state index contributed by atoms with van der Waals surface area (Å²) in [6.07, 6.45) is 0. The Morgan fingerprint density at radius 3 is 2.60 bits per heavy atom. The highest BCUT2D eigenvalue weighted by Crippen LogP contribution is 2.17. The number of carbonyl (C=O) groups excluding carboxylic acids is 2. The minimum absolute atomic E-state index is 0.0117. The van der Waals surface area contributed by atoms with Crippen molar-refractivity contribution in [1.29, 1.82) is 0 Å². The molecule has 2 amide bonds. The molecule has 0 radical (unpaired) electrons. The van der Waals surface area contributed by atoms with E-state index in [1.807, 2.05) is 43.5 Å². The van der Waals surface area contributed by atoms with Crippen molar-refractivity contribution in [3.8, 4) is 0 Å². The molecule has 1 aromatic heterocycles. The highest BCUT2D eigenvalue weighted by molar-refractivity contribution is 7.09. The van der Waals surface area contributed by atoms with E-state index in [4.69, 9.17) is 0 Å². The number of hydrogen-bond acceptors (Lipinski definition) is 3. The van der Waals surface area contributed by atoms with E-state index in [0.29, 0.717) is 6.54 Å². The number of anilines is 1. The van der Waals surface area contributed by atoms with E-state index in [1.165, 1.54) is 9.78 Å². The maximum absolute atomic E-state index is 12.1. The van der Waals surface area contributed by atoms with Gasteiger partial charge in [0.15, 0.2) is 6.54 Å². The molecule has 0 aliphatic rings. The van der Waals surface area contributed by atoms with Crippen LogP contribution in [0.25, 0.3) is 0 Å². The lowest BCUT2D eigenvalue weighted by Crippen LogP contribution is -3.11. The molecule has 1 heterocycles. The lowest BCUT2D eigenvalue weighted by molar-refractivity contribution is -0.903. The lowest BCUT2D eigenvalue weighted by atomic mass is 10.1. The predicted octanol–water partition coefficient (Wildman–Crippen LogP) is 1.52. The minimum Gasteiger partial charge on any atom is -0.342 e. The second-order valence-electron chi connectivity index (χ2n) is 6.11. The van der Waals surface area contributed by atoms with Gasteiger partial charge in [0.05, 0.1) is 18.0 Å². The summed E-state index contributed by atoms with van der Waals surface area (Å²) in [7, 11) is 0. The molecule has 3 N–H and O–H groups in total. The smallest absolute Gasteiger partial charge is 0.275 e. The first-order valence-corrected chi connectivity index (χ1v) is 9.36. The van der Waals surface area contributed by atoms with Crippen LogP contribution in [0.15, 0.2) is 35.7 Å². The topological polar surface area (TPSA) is 62.6 Å². The van der Waals surface area contributed by atoms with Crippen molar-refractivity contribution in [2.24, 2.45) is 0 Å². The fourth-order valence-corrected chi connectivity index (χ4v) is 3.30. The molecule has 0 saturated carbocycles. The van der Waals surface area contributed by atoms with Gasteiger partial charge in [-0.1, -0.05) is 18.2 Å². The van der Waals surface area contributed by atoms with Crippen molar-refractivity contribution < 1.29 is 14.5 Å². The number of quaternary nitrogens is 1. The molecule has 0 saturated heterocycles. The SMILES string of the molecule is CC[NH+](CC(=O)NCC(=O)Nc1cccc(C)c1C)Cc1cccs1. The van der Waals surface area contributed by atoms with Gasteiger partial charge in [0.25, 0.3) is 5.91 Å². The first kappa shape index (κ1) is 19.1. The van der Waals surface area contributed by atoms with Crippen LogP contribution in [0.4, 0.5) is 5.69 Å². The number of thiophene rings is 1. The van der Waals surface area contributed by atoms with Crippen molar-refractivity contribution >= 4 is 28.8 Å². The minimum atomic E-state index is -0.210. The number of nitrogens with one attached hydrogen (secondary N) is 3. The van der Waals surface area contributed by atoms with E-state index in [1.54, 1.807) is 11.3 Å². The summed E-state index contributed by atoms with van der Waals surface area (Å²) in [6, 6.07) is 9.87. The molecule has 6 heteroatoms. The Morgan fingerprint density at radius 1 is 1.12 bits per heavy atom. The quantitative estimate of drug-likeness (QED) is 0.668. The molecule has 5 nitrogen and oxygen atoms in total. The summed E-state index contributed by atoms with van der Waals surface area (Å²) in [5.74, 6) is -0.317. The Kier molecular flexibility index (Phi) is 7.16. The van der Waals surface area contributed by atoms with Crippen molar-refractivity contribution in [2.45, 2.75) is 27.3 Å². The van der Waals surface area contributed by atoms with E-state index in [-0.39, 0.29) is 18.4 Å². The number of aryl methyl sites for hydroxylation is 1. The Labute approximate surface area is 153 Å². The zero-order chi connectivity index (χ0) is 18.2. The van der Waals surface area contributed by atoms with Crippen LogP contribution in [0, 0.1) is 13.8 Å². The largest absolute Gasteiger partial charge is 0.342 e. The number of hydrogen-bond donors (Lipinski definition) is 3. The number of rotatable bonds is 8. The Balaban J connectivity index is 1.78. The average molecular weight is 361 g/mol. The van der Waals surface area contributed by atoms with Gasteiger partial charge in [0.1, 0.15) is 6.54 Å². The Hall–Kier alpha value is -2.18.